The van der Waals surface area contributed by atoms with Gasteiger partial charge in [0.05, 0.1) is 12.2 Å². The molecule has 0 saturated heterocycles. The number of aromatic nitrogens is 1. The summed E-state index contributed by atoms with van der Waals surface area (Å²) in [6.07, 6.45) is 0. The quantitative estimate of drug-likeness (QED) is 0.543. The number of halogens is 2. The van der Waals surface area contributed by atoms with Gasteiger partial charge in [0.2, 0.25) is 0 Å². The highest BCUT2D eigenvalue weighted by Gasteiger charge is 2.24. The largest absolute Gasteiger partial charge is 0.461 e. The predicted molar refractivity (Wildman–Crippen MR) is 93.9 cm³/mol. The molecule has 0 amide bonds. The van der Waals surface area contributed by atoms with E-state index in [1.54, 1.807) is 20.8 Å². The highest BCUT2D eigenvalue weighted by molar-refractivity contribution is 6.01. The van der Waals surface area contributed by atoms with Gasteiger partial charge in [0.15, 0.2) is 12.4 Å². The lowest BCUT2D eigenvalue weighted by Crippen LogP contribution is -2.15. The van der Waals surface area contributed by atoms with Gasteiger partial charge in [0.1, 0.15) is 11.4 Å². The van der Waals surface area contributed by atoms with Crippen LogP contribution in [0.5, 0.6) is 5.75 Å². The van der Waals surface area contributed by atoms with E-state index in [1.807, 2.05) is 0 Å². The minimum atomic E-state index is -2.96. The number of carbonyl (C=O) groups is 3. The van der Waals surface area contributed by atoms with Gasteiger partial charge in [0.25, 0.3) is 0 Å². The normalized spacial score (nSPS) is 10.6. The van der Waals surface area contributed by atoms with Crippen molar-refractivity contribution in [2.24, 2.45) is 0 Å². The van der Waals surface area contributed by atoms with Crippen molar-refractivity contribution in [3.8, 4) is 5.75 Å². The third-order valence-electron chi connectivity index (χ3n) is 3.86. The minimum Gasteiger partial charge on any atom is -0.461 e. The Morgan fingerprint density at radius 3 is 2.25 bits per heavy atom. The summed E-state index contributed by atoms with van der Waals surface area (Å²) >= 11 is 0. The zero-order valence-corrected chi connectivity index (χ0v) is 15.5. The van der Waals surface area contributed by atoms with E-state index in [0.717, 1.165) is 0 Å². The summed E-state index contributed by atoms with van der Waals surface area (Å²) in [5.41, 5.74) is 1.24. The molecular weight excluding hydrogens is 376 g/mol. The van der Waals surface area contributed by atoms with Crippen LogP contribution in [0.15, 0.2) is 24.3 Å². The fourth-order valence-electron chi connectivity index (χ4n) is 2.57. The fourth-order valence-corrected chi connectivity index (χ4v) is 2.57. The highest BCUT2D eigenvalue weighted by atomic mass is 19.3. The second-order valence-corrected chi connectivity index (χ2v) is 5.75. The Bertz CT molecular complexity index is 873. The maximum atomic E-state index is 12.3. The van der Waals surface area contributed by atoms with Crippen LogP contribution in [0.1, 0.15) is 49.4 Å². The van der Waals surface area contributed by atoms with E-state index >= 15 is 0 Å². The number of hydrogen-bond acceptors (Lipinski definition) is 6. The number of aryl methyl sites for hydroxylation is 1. The Hall–Kier alpha value is -3.23. The summed E-state index contributed by atoms with van der Waals surface area (Å²) in [5, 5.41) is 0. The Kier molecular flexibility index (Phi) is 6.86. The smallest absolute Gasteiger partial charge is 0.387 e. The second kappa shape index (κ2) is 9.12. The first-order chi connectivity index (χ1) is 13.2. The first-order valence-corrected chi connectivity index (χ1v) is 8.36. The minimum absolute atomic E-state index is 0.0892. The van der Waals surface area contributed by atoms with Crippen LogP contribution in [-0.2, 0) is 9.47 Å². The van der Waals surface area contributed by atoms with Crippen molar-refractivity contribution in [1.29, 1.82) is 0 Å². The summed E-state index contributed by atoms with van der Waals surface area (Å²) in [6.45, 7) is 1.50. The fraction of sp³-hybridized carbons (Fsp3) is 0.316. The number of Topliss-reactive ketones (excluding diaryl/α,β-unsaturated/α-hetero) is 1. The van der Waals surface area contributed by atoms with E-state index in [2.05, 4.69) is 9.72 Å². The molecule has 0 unspecified atom stereocenters. The van der Waals surface area contributed by atoms with Gasteiger partial charge in [-0.05, 0) is 50.6 Å². The topological polar surface area (TPSA) is 94.7 Å². The molecule has 0 aliphatic heterocycles. The van der Waals surface area contributed by atoms with Gasteiger partial charge in [-0.2, -0.15) is 8.78 Å². The lowest BCUT2D eigenvalue weighted by atomic mass is 10.1. The summed E-state index contributed by atoms with van der Waals surface area (Å²) < 4.78 is 38.4. The van der Waals surface area contributed by atoms with Crippen molar-refractivity contribution in [3.63, 3.8) is 0 Å². The predicted octanol–water partition coefficient (Wildman–Crippen LogP) is 3.45. The average molecular weight is 395 g/mol. The summed E-state index contributed by atoms with van der Waals surface area (Å²) in [7, 11) is 0. The Morgan fingerprint density at radius 2 is 1.68 bits per heavy atom. The summed E-state index contributed by atoms with van der Waals surface area (Å²) in [4.78, 5) is 39.1. The van der Waals surface area contributed by atoms with Gasteiger partial charge in [-0.3, -0.25) is 4.79 Å². The first-order valence-electron chi connectivity index (χ1n) is 8.36. The molecule has 2 aromatic rings. The molecule has 1 N–H and O–H groups in total. The third-order valence-corrected chi connectivity index (χ3v) is 3.86. The van der Waals surface area contributed by atoms with E-state index in [0.29, 0.717) is 11.3 Å². The highest BCUT2D eigenvalue weighted by Crippen LogP contribution is 2.20. The molecule has 1 aromatic heterocycles. The van der Waals surface area contributed by atoms with Crippen molar-refractivity contribution in [3.05, 3.63) is 52.3 Å². The monoisotopic (exact) mass is 395 g/mol. The molecule has 0 aliphatic carbocycles. The van der Waals surface area contributed by atoms with Gasteiger partial charge in [-0.15, -0.1) is 0 Å². The van der Waals surface area contributed by atoms with Crippen LogP contribution in [0.25, 0.3) is 0 Å². The number of carbonyl (C=O) groups excluding carboxylic acids is 3. The molecule has 0 bridgehead atoms. The first kappa shape index (κ1) is 21.1. The van der Waals surface area contributed by atoms with Crippen molar-refractivity contribution >= 4 is 17.7 Å². The Labute approximate surface area is 159 Å². The molecule has 1 aromatic carbocycles. The molecule has 0 spiro atoms. The average Bonchev–Trinajstić information content (AvgIpc) is 2.94. The molecule has 1 heterocycles. The van der Waals surface area contributed by atoms with E-state index in [1.165, 1.54) is 24.3 Å². The van der Waals surface area contributed by atoms with E-state index in [4.69, 9.17) is 9.47 Å². The van der Waals surface area contributed by atoms with E-state index in [-0.39, 0.29) is 29.2 Å². The number of H-pyrrole nitrogens is 1. The van der Waals surface area contributed by atoms with Crippen LogP contribution < -0.4 is 4.74 Å². The SMILES string of the molecule is CCOC(=O)c1[nH]c(C)c(C(=O)OCC(=O)c2ccc(OC(F)F)cc2)c1C. The van der Waals surface area contributed by atoms with Crippen LogP contribution in [0.4, 0.5) is 8.78 Å². The van der Waals surface area contributed by atoms with E-state index in [9.17, 15) is 23.2 Å². The number of esters is 2. The zero-order chi connectivity index (χ0) is 20.8. The van der Waals surface area contributed by atoms with Gasteiger partial charge < -0.3 is 19.2 Å². The molecule has 0 radical (unpaired) electrons. The zero-order valence-electron chi connectivity index (χ0n) is 15.5. The second-order valence-electron chi connectivity index (χ2n) is 5.75. The van der Waals surface area contributed by atoms with Crippen LogP contribution >= 0.6 is 0 Å². The van der Waals surface area contributed by atoms with Crippen LogP contribution in [0, 0.1) is 13.8 Å². The van der Waals surface area contributed by atoms with Crippen molar-refractivity contribution in [2.45, 2.75) is 27.4 Å². The molecule has 0 fully saturated rings. The maximum Gasteiger partial charge on any atom is 0.387 e. The van der Waals surface area contributed by atoms with Gasteiger partial charge in [-0.25, -0.2) is 9.59 Å². The summed E-state index contributed by atoms with van der Waals surface area (Å²) in [6, 6.07) is 5.01. The van der Waals surface area contributed by atoms with Crippen molar-refractivity contribution in [2.75, 3.05) is 13.2 Å². The number of alkyl halides is 2. The molecule has 28 heavy (non-hydrogen) atoms. The molecule has 7 nitrogen and oxygen atoms in total. The molecule has 150 valence electrons. The number of rotatable bonds is 8. The molecule has 0 saturated carbocycles. The lowest BCUT2D eigenvalue weighted by Gasteiger charge is -2.07. The van der Waals surface area contributed by atoms with Crippen LogP contribution in [-0.4, -0.2) is 42.5 Å². The van der Waals surface area contributed by atoms with E-state index < -0.39 is 30.9 Å². The van der Waals surface area contributed by atoms with Crippen LogP contribution in [0.2, 0.25) is 0 Å². The number of benzene rings is 1. The number of aromatic amines is 1. The molecule has 0 atom stereocenters. The van der Waals surface area contributed by atoms with Gasteiger partial charge in [0, 0.05) is 11.3 Å². The molecule has 9 heteroatoms. The molecule has 2 rings (SSSR count). The van der Waals surface area contributed by atoms with Gasteiger partial charge >= 0.3 is 18.6 Å². The Morgan fingerprint density at radius 1 is 1.04 bits per heavy atom. The Balaban J connectivity index is 2.04. The molecular formula is C19H19F2NO6. The standard InChI is InChI=1S/C19H19F2NO6/c1-4-26-18(25)16-10(2)15(11(3)22-16)17(24)27-9-14(23)12-5-7-13(8-6-12)28-19(20)21/h5-8,19,22H,4,9H2,1-3H3. The molecule has 0 aliphatic rings. The number of nitrogens with one attached hydrogen (secondary N) is 1. The lowest BCUT2D eigenvalue weighted by molar-refractivity contribution is -0.0498. The number of ketones is 1. The van der Waals surface area contributed by atoms with Crippen molar-refractivity contribution in [1.82, 2.24) is 4.98 Å². The third kappa shape index (κ3) is 4.93. The van der Waals surface area contributed by atoms with Crippen LogP contribution in [0.3, 0.4) is 0 Å². The summed E-state index contributed by atoms with van der Waals surface area (Å²) in [5.74, 6) is -1.97. The number of ether oxygens (including phenoxy) is 3. The van der Waals surface area contributed by atoms with Crippen molar-refractivity contribution < 1.29 is 37.4 Å². The number of hydrogen-bond donors (Lipinski definition) is 1. The maximum absolute atomic E-state index is 12.3. The van der Waals surface area contributed by atoms with Gasteiger partial charge in [-0.1, -0.05) is 0 Å².